The highest BCUT2D eigenvalue weighted by Gasteiger charge is 2.30. The molecule has 3 aromatic carbocycles. The Bertz CT molecular complexity index is 1590. The first kappa shape index (κ1) is 31.1. The molecule has 0 N–H and O–H groups in total. The molecule has 9 nitrogen and oxygen atoms in total. The van der Waals surface area contributed by atoms with E-state index in [2.05, 4.69) is 4.98 Å². The van der Waals surface area contributed by atoms with E-state index in [4.69, 9.17) is 25.5 Å². The number of esters is 1. The van der Waals surface area contributed by atoms with Crippen molar-refractivity contribution in [3.05, 3.63) is 100 Å². The number of hydrogen-bond donors (Lipinski definition) is 0. The van der Waals surface area contributed by atoms with Gasteiger partial charge in [0.2, 0.25) is 5.89 Å². The maximum absolute atomic E-state index is 13.5. The van der Waals surface area contributed by atoms with Gasteiger partial charge < -0.3 is 13.9 Å². The van der Waals surface area contributed by atoms with Gasteiger partial charge in [-0.2, -0.15) is 12.7 Å². The minimum atomic E-state index is -4.08. The summed E-state index contributed by atoms with van der Waals surface area (Å²) in [5.74, 6) is 1.31. The van der Waals surface area contributed by atoms with Crippen LogP contribution in [0.25, 0.3) is 11.5 Å². The minimum absolute atomic E-state index is 0.0424. The van der Waals surface area contributed by atoms with Gasteiger partial charge in [-0.25, -0.2) is 4.98 Å². The van der Waals surface area contributed by atoms with Crippen molar-refractivity contribution >= 4 is 33.5 Å². The molecule has 1 aromatic heterocycles. The van der Waals surface area contributed by atoms with Crippen molar-refractivity contribution in [2.75, 3.05) is 31.1 Å². The van der Waals surface area contributed by atoms with E-state index in [9.17, 15) is 13.2 Å². The fraction of sp³-hybridized carbons (Fsp3) is 0.290. The Labute approximate surface area is 251 Å². The van der Waals surface area contributed by atoms with Crippen LogP contribution >= 0.6 is 11.6 Å². The van der Waals surface area contributed by atoms with Crippen LogP contribution in [0.3, 0.4) is 0 Å². The lowest BCUT2D eigenvalue weighted by Crippen LogP contribution is -2.44. The molecule has 4 rings (SSSR count). The topological polar surface area (TPSA) is 102 Å². The van der Waals surface area contributed by atoms with Crippen LogP contribution in [0, 0.1) is 13.8 Å². The van der Waals surface area contributed by atoms with E-state index in [0.717, 1.165) is 25.6 Å². The van der Waals surface area contributed by atoms with Crippen molar-refractivity contribution in [2.24, 2.45) is 0 Å². The van der Waals surface area contributed by atoms with Crippen molar-refractivity contribution < 1.29 is 27.1 Å². The number of nitrogens with zero attached hydrogens (tertiary/aromatic N) is 3. The maximum Gasteiger partial charge on any atom is 0.321 e. The Balaban J connectivity index is 1.40. The van der Waals surface area contributed by atoms with Gasteiger partial charge >= 0.3 is 16.2 Å². The number of aryl methyl sites for hydroxylation is 2. The SMILES string of the molecule is CCOC(=O)CN(Cc1ccc(OCCc2nc(-c3ccc(C)cc3)oc2C)cc1)S(=O)(=O)N(C)c1ccc(Cl)cc1. The van der Waals surface area contributed by atoms with Gasteiger partial charge in [-0.1, -0.05) is 41.4 Å². The first-order valence-corrected chi connectivity index (χ1v) is 15.2. The highest BCUT2D eigenvalue weighted by molar-refractivity contribution is 7.90. The van der Waals surface area contributed by atoms with Gasteiger partial charge in [-0.05, 0) is 74.9 Å². The lowest BCUT2D eigenvalue weighted by Gasteiger charge is -2.28. The molecule has 222 valence electrons. The molecule has 0 aliphatic heterocycles. The number of carbonyl (C=O) groups is 1. The van der Waals surface area contributed by atoms with Crippen molar-refractivity contribution in [3.63, 3.8) is 0 Å². The number of aromatic nitrogens is 1. The summed E-state index contributed by atoms with van der Waals surface area (Å²) in [6, 6.07) is 21.5. The van der Waals surface area contributed by atoms with Gasteiger partial charge in [0.15, 0.2) is 0 Å². The van der Waals surface area contributed by atoms with Gasteiger partial charge in [0, 0.05) is 30.6 Å². The Kier molecular flexibility index (Phi) is 10.3. The van der Waals surface area contributed by atoms with Crippen molar-refractivity contribution in [1.29, 1.82) is 0 Å². The molecule has 0 unspecified atom stereocenters. The number of oxazole rings is 1. The molecule has 0 spiro atoms. The number of anilines is 1. The third kappa shape index (κ3) is 7.90. The van der Waals surface area contributed by atoms with E-state index in [1.165, 1.54) is 12.6 Å². The molecular weight excluding hydrogens is 578 g/mol. The number of ether oxygens (including phenoxy) is 2. The third-order valence-electron chi connectivity index (χ3n) is 6.55. The second kappa shape index (κ2) is 13.9. The highest BCUT2D eigenvalue weighted by atomic mass is 35.5. The van der Waals surface area contributed by atoms with Gasteiger partial charge in [0.1, 0.15) is 18.1 Å². The Morgan fingerprint density at radius 3 is 2.29 bits per heavy atom. The normalized spacial score (nSPS) is 11.5. The van der Waals surface area contributed by atoms with Crippen molar-refractivity contribution in [1.82, 2.24) is 9.29 Å². The number of benzene rings is 3. The zero-order valence-electron chi connectivity index (χ0n) is 24.0. The summed E-state index contributed by atoms with van der Waals surface area (Å²) in [6.07, 6.45) is 0.561. The highest BCUT2D eigenvalue weighted by Crippen LogP contribution is 2.24. The van der Waals surface area contributed by atoms with Crippen LogP contribution in [0.15, 0.2) is 77.2 Å². The van der Waals surface area contributed by atoms with E-state index in [-0.39, 0.29) is 13.2 Å². The molecule has 0 aliphatic rings. The smallest absolute Gasteiger partial charge is 0.321 e. The van der Waals surface area contributed by atoms with Gasteiger partial charge in [-0.3, -0.25) is 9.10 Å². The summed E-state index contributed by atoms with van der Waals surface area (Å²) in [6.45, 7) is 5.63. The maximum atomic E-state index is 13.5. The van der Waals surface area contributed by atoms with Crippen LogP contribution in [0.5, 0.6) is 5.75 Å². The van der Waals surface area contributed by atoms with Crippen molar-refractivity contribution in [2.45, 2.75) is 33.7 Å². The van der Waals surface area contributed by atoms with Crippen LogP contribution in [-0.2, 0) is 32.7 Å². The van der Waals surface area contributed by atoms with Crippen molar-refractivity contribution in [3.8, 4) is 17.2 Å². The van der Waals surface area contributed by atoms with E-state index < -0.39 is 22.7 Å². The summed E-state index contributed by atoms with van der Waals surface area (Å²) < 4.78 is 46.0. The molecule has 1 heterocycles. The van der Waals surface area contributed by atoms with Gasteiger partial charge in [0.25, 0.3) is 0 Å². The van der Waals surface area contributed by atoms with E-state index in [1.54, 1.807) is 55.5 Å². The molecule has 0 atom stereocenters. The summed E-state index contributed by atoms with van der Waals surface area (Å²) in [4.78, 5) is 16.9. The minimum Gasteiger partial charge on any atom is -0.493 e. The molecule has 0 bridgehead atoms. The first-order chi connectivity index (χ1) is 20.1. The molecule has 0 fully saturated rings. The second-order valence-corrected chi connectivity index (χ2v) is 12.1. The van der Waals surface area contributed by atoms with E-state index >= 15 is 0 Å². The van der Waals surface area contributed by atoms with Gasteiger partial charge in [-0.15, -0.1) is 0 Å². The summed E-state index contributed by atoms with van der Waals surface area (Å²) in [7, 11) is -2.66. The standard InChI is InChI=1S/C31H34ClN3O6S/c1-5-39-30(36)21-35(42(37,38)34(4)27-14-12-26(32)13-15-27)20-24-8-16-28(17-9-24)40-19-18-29-23(3)41-31(33-29)25-10-6-22(2)7-11-25/h6-17H,5,18-21H2,1-4H3. The number of hydrogen-bond acceptors (Lipinski definition) is 7. The molecule has 0 aliphatic carbocycles. The summed E-state index contributed by atoms with van der Waals surface area (Å²) in [5.41, 5.74) is 4.00. The Morgan fingerprint density at radius 2 is 1.64 bits per heavy atom. The largest absolute Gasteiger partial charge is 0.493 e. The summed E-state index contributed by atoms with van der Waals surface area (Å²) >= 11 is 5.96. The molecule has 0 amide bonds. The third-order valence-corrected chi connectivity index (χ3v) is 8.62. The Hall–Kier alpha value is -3.86. The number of halogens is 1. The lowest BCUT2D eigenvalue weighted by atomic mass is 10.1. The number of carbonyl (C=O) groups excluding carboxylic acids is 1. The zero-order valence-corrected chi connectivity index (χ0v) is 25.6. The molecular formula is C31H34ClN3O6S. The van der Waals surface area contributed by atoms with Crippen LogP contribution < -0.4 is 9.04 Å². The fourth-order valence-corrected chi connectivity index (χ4v) is 5.61. The molecule has 11 heteroatoms. The average molecular weight is 612 g/mol. The van der Waals surface area contributed by atoms with E-state index in [0.29, 0.717) is 40.9 Å². The molecule has 0 saturated heterocycles. The quantitative estimate of drug-likeness (QED) is 0.171. The lowest BCUT2D eigenvalue weighted by molar-refractivity contribution is -0.143. The summed E-state index contributed by atoms with van der Waals surface area (Å²) in [5, 5.41) is 0.485. The van der Waals surface area contributed by atoms with Crippen LogP contribution in [0.4, 0.5) is 5.69 Å². The predicted octanol–water partition coefficient (Wildman–Crippen LogP) is 5.98. The fourth-order valence-electron chi connectivity index (χ4n) is 4.17. The average Bonchev–Trinajstić information content (AvgIpc) is 3.34. The zero-order chi connectivity index (χ0) is 30.3. The van der Waals surface area contributed by atoms with Crippen LogP contribution in [-0.4, -0.2) is 50.5 Å². The molecule has 42 heavy (non-hydrogen) atoms. The van der Waals surface area contributed by atoms with Crippen LogP contribution in [0.1, 0.15) is 29.5 Å². The molecule has 0 saturated carbocycles. The first-order valence-electron chi connectivity index (χ1n) is 13.5. The number of rotatable bonds is 13. The van der Waals surface area contributed by atoms with Gasteiger partial charge in [0.05, 0.1) is 24.6 Å². The monoisotopic (exact) mass is 611 g/mol. The predicted molar refractivity (Wildman–Crippen MR) is 163 cm³/mol. The van der Waals surface area contributed by atoms with E-state index in [1.807, 2.05) is 38.1 Å². The molecule has 4 aromatic rings. The van der Waals surface area contributed by atoms with Crippen LogP contribution in [0.2, 0.25) is 5.02 Å². The molecule has 0 radical (unpaired) electrons. The second-order valence-electron chi connectivity index (χ2n) is 9.66. The Morgan fingerprint density at radius 1 is 0.976 bits per heavy atom.